The number of hydrogen-bond donors (Lipinski definition) is 2. The minimum absolute atomic E-state index is 0.181. The number of urea groups is 1. The molecule has 0 atom stereocenters. The first-order chi connectivity index (χ1) is 9.17. The number of likely N-dealkylation sites (tertiary alicyclic amines) is 1. The van der Waals surface area contributed by atoms with Crippen molar-refractivity contribution < 1.29 is 4.79 Å². The first kappa shape index (κ1) is 13.4. The van der Waals surface area contributed by atoms with E-state index < -0.39 is 0 Å². The number of nitrogens with zero attached hydrogens (tertiary/aromatic N) is 2. The molecule has 19 heavy (non-hydrogen) atoms. The molecule has 1 aromatic rings. The Morgan fingerprint density at radius 2 is 1.95 bits per heavy atom. The van der Waals surface area contributed by atoms with Crippen LogP contribution < -0.4 is 10.6 Å². The molecule has 1 aliphatic rings. The smallest absolute Gasteiger partial charge is 0.319 e. The van der Waals surface area contributed by atoms with E-state index in [9.17, 15) is 4.79 Å². The third kappa shape index (κ3) is 3.97. The standard InChI is InChI=1S/C14H18N4O/c1-18-8-6-13(7-9-18)17-14(19)16-12-4-2-11(10-15)3-5-12/h2-5,13H,6-9H2,1H3,(H2,16,17,19). The first-order valence-corrected chi connectivity index (χ1v) is 6.43. The van der Waals surface area contributed by atoms with Crippen LogP contribution in [0, 0.1) is 11.3 Å². The monoisotopic (exact) mass is 258 g/mol. The highest BCUT2D eigenvalue weighted by Gasteiger charge is 2.18. The summed E-state index contributed by atoms with van der Waals surface area (Å²) in [5, 5.41) is 14.4. The zero-order valence-corrected chi connectivity index (χ0v) is 11.0. The summed E-state index contributed by atoms with van der Waals surface area (Å²) < 4.78 is 0. The van der Waals surface area contributed by atoms with Gasteiger partial charge in [-0.1, -0.05) is 0 Å². The summed E-state index contributed by atoms with van der Waals surface area (Å²) in [7, 11) is 2.09. The lowest BCUT2D eigenvalue weighted by Crippen LogP contribution is -2.44. The number of rotatable bonds is 2. The molecular formula is C14H18N4O. The number of anilines is 1. The van der Waals surface area contributed by atoms with Crippen molar-refractivity contribution in [2.45, 2.75) is 18.9 Å². The summed E-state index contributed by atoms with van der Waals surface area (Å²) >= 11 is 0. The zero-order valence-electron chi connectivity index (χ0n) is 11.0. The van der Waals surface area contributed by atoms with Gasteiger partial charge in [-0.2, -0.15) is 5.26 Å². The molecule has 0 aromatic heterocycles. The molecule has 0 aliphatic carbocycles. The molecule has 2 amide bonds. The average Bonchev–Trinajstić information content (AvgIpc) is 2.42. The van der Waals surface area contributed by atoms with E-state index in [1.165, 1.54) is 0 Å². The Kier molecular flexibility index (Phi) is 4.37. The van der Waals surface area contributed by atoms with Crippen LogP contribution in [0.5, 0.6) is 0 Å². The van der Waals surface area contributed by atoms with Gasteiger partial charge >= 0.3 is 6.03 Å². The third-order valence-electron chi connectivity index (χ3n) is 3.33. The lowest BCUT2D eigenvalue weighted by Gasteiger charge is -2.29. The molecule has 0 bridgehead atoms. The second-order valence-corrected chi connectivity index (χ2v) is 4.87. The molecule has 0 unspecified atom stereocenters. The minimum Gasteiger partial charge on any atom is -0.335 e. The van der Waals surface area contributed by atoms with Gasteiger partial charge in [0.05, 0.1) is 11.6 Å². The van der Waals surface area contributed by atoms with E-state index in [-0.39, 0.29) is 12.1 Å². The van der Waals surface area contributed by atoms with Gasteiger partial charge in [-0.3, -0.25) is 0 Å². The molecule has 0 spiro atoms. The molecule has 1 aliphatic heterocycles. The van der Waals surface area contributed by atoms with Crippen molar-refractivity contribution in [1.82, 2.24) is 10.2 Å². The van der Waals surface area contributed by atoms with Crippen molar-refractivity contribution in [3.05, 3.63) is 29.8 Å². The van der Waals surface area contributed by atoms with Crippen LogP contribution in [0.25, 0.3) is 0 Å². The van der Waals surface area contributed by atoms with Crippen LogP contribution >= 0.6 is 0 Å². The molecule has 1 saturated heterocycles. The number of carbonyl (C=O) groups excluding carboxylic acids is 1. The van der Waals surface area contributed by atoms with Crippen molar-refractivity contribution in [2.24, 2.45) is 0 Å². The van der Waals surface area contributed by atoms with E-state index >= 15 is 0 Å². The second kappa shape index (κ2) is 6.21. The topological polar surface area (TPSA) is 68.2 Å². The Morgan fingerprint density at radius 1 is 1.32 bits per heavy atom. The van der Waals surface area contributed by atoms with Crippen LogP contribution in [0.15, 0.2) is 24.3 Å². The summed E-state index contributed by atoms with van der Waals surface area (Å²) in [5.41, 5.74) is 1.28. The number of carbonyl (C=O) groups is 1. The molecule has 1 fully saturated rings. The molecule has 1 aromatic carbocycles. The van der Waals surface area contributed by atoms with Gasteiger partial charge in [0.2, 0.25) is 0 Å². The van der Waals surface area contributed by atoms with Gasteiger partial charge in [0.1, 0.15) is 0 Å². The van der Waals surface area contributed by atoms with Gasteiger partial charge in [-0.05, 0) is 57.2 Å². The number of hydrogen-bond acceptors (Lipinski definition) is 3. The summed E-state index contributed by atoms with van der Waals surface area (Å²) in [6.07, 6.45) is 1.97. The fraction of sp³-hybridized carbons (Fsp3) is 0.429. The Hall–Kier alpha value is -2.06. The Balaban J connectivity index is 1.82. The maximum Gasteiger partial charge on any atom is 0.319 e. The Bertz CT molecular complexity index is 469. The van der Waals surface area contributed by atoms with Crippen molar-refractivity contribution in [1.29, 1.82) is 5.26 Å². The normalized spacial score (nSPS) is 16.6. The highest BCUT2D eigenvalue weighted by Crippen LogP contribution is 2.10. The molecule has 2 rings (SSSR count). The third-order valence-corrected chi connectivity index (χ3v) is 3.33. The van der Waals surface area contributed by atoms with Crippen LogP contribution in [0.4, 0.5) is 10.5 Å². The number of nitriles is 1. The minimum atomic E-state index is -0.181. The number of piperidine rings is 1. The van der Waals surface area contributed by atoms with Crippen LogP contribution in [-0.2, 0) is 0 Å². The molecule has 5 heteroatoms. The van der Waals surface area contributed by atoms with Crippen LogP contribution in [0.1, 0.15) is 18.4 Å². The number of benzene rings is 1. The summed E-state index contributed by atoms with van der Waals surface area (Å²) in [6.45, 7) is 2.03. The maximum absolute atomic E-state index is 11.8. The Labute approximate surface area is 113 Å². The lowest BCUT2D eigenvalue weighted by atomic mass is 10.1. The quantitative estimate of drug-likeness (QED) is 0.849. The lowest BCUT2D eigenvalue weighted by molar-refractivity contribution is 0.221. The van der Waals surface area contributed by atoms with Gasteiger partial charge in [0.15, 0.2) is 0 Å². The zero-order chi connectivity index (χ0) is 13.7. The fourth-order valence-electron chi connectivity index (χ4n) is 2.13. The Morgan fingerprint density at radius 3 is 2.53 bits per heavy atom. The van der Waals surface area contributed by atoms with E-state index in [0.29, 0.717) is 11.3 Å². The van der Waals surface area contributed by atoms with Gasteiger partial charge in [0.25, 0.3) is 0 Å². The first-order valence-electron chi connectivity index (χ1n) is 6.43. The molecule has 0 saturated carbocycles. The summed E-state index contributed by atoms with van der Waals surface area (Å²) in [5.74, 6) is 0. The summed E-state index contributed by atoms with van der Waals surface area (Å²) in [4.78, 5) is 14.1. The van der Waals surface area contributed by atoms with Crippen LogP contribution in [-0.4, -0.2) is 37.1 Å². The predicted octanol–water partition coefficient (Wildman–Crippen LogP) is 1.77. The van der Waals surface area contributed by atoms with Gasteiger partial charge in [-0.15, -0.1) is 0 Å². The summed E-state index contributed by atoms with van der Waals surface area (Å²) in [6, 6.07) is 8.94. The van der Waals surface area contributed by atoms with E-state index in [0.717, 1.165) is 25.9 Å². The van der Waals surface area contributed by atoms with Gasteiger partial charge < -0.3 is 15.5 Å². The fourth-order valence-corrected chi connectivity index (χ4v) is 2.13. The van der Waals surface area contributed by atoms with Crippen molar-refractivity contribution in [2.75, 3.05) is 25.5 Å². The highest BCUT2D eigenvalue weighted by atomic mass is 16.2. The van der Waals surface area contributed by atoms with Crippen LogP contribution in [0.3, 0.4) is 0 Å². The van der Waals surface area contributed by atoms with Crippen molar-refractivity contribution in [3.63, 3.8) is 0 Å². The maximum atomic E-state index is 11.8. The highest BCUT2D eigenvalue weighted by molar-refractivity contribution is 5.89. The number of amides is 2. The SMILES string of the molecule is CN1CCC(NC(=O)Nc2ccc(C#N)cc2)CC1. The van der Waals surface area contributed by atoms with Crippen molar-refractivity contribution >= 4 is 11.7 Å². The molecular weight excluding hydrogens is 240 g/mol. The van der Waals surface area contributed by atoms with Gasteiger partial charge in [0, 0.05) is 11.7 Å². The molecule has 2 N–H and O–H groups in total. The van der Waals surface area contributed by atoms with E-state index in [4.69, 9.17) is 5.26 Å². The molecule has 1 heterocycles. The van der Waals surface area contributed by atoms with E-state index in [1.54, 1.807) is 24.3 Å². The molecule has 100 valence electrons. The van der Waals surface area contributed by atoms with Gasteiger partial charge in [-0.25, -0.2) is 4.79 Å². The molecule has 5 nitrogen and oxygen atoms in total. The van der Waals surface area contributed by atoms with Crippen molar-refractivity contribution in [3.8, 4) is 6.07 Å². The van der Waals surface area contributed by atoms with E-state index in [2.05, 4.69) is 22.6 Å². The predicted molar refractivity (Wildman–Crippen MR) is 73.8 cm³/mol. The average molecular weight is 258 g/mol. The molecule has 0 radical (unpaired) electrons. The van der Waals surface area contributed by atoms with E-state index in [1.807, 2.05) is 6.07 Å². The van der Waals surface area contributed by atoms with Crippen LogP contribution in [0.2, 0.25) is 0 Å². The number of nitrogens with one attached hydrogen (secondary N) is 2. The largest absolute Gasteiger partial charge is 0.335 e. The second-order valence-electron chi connectivity index (χ2n) is 4.87.